The highest BCUT2D eigenvalue weighted by molar-refractivity contribution is 5.32. The van der Waals surface area contributed by atoms with Gasteiger partial charge in [-0.3, -0.25) is 4.98 Å². The Kier molecular flexibility index (Phi) is 5.19. The predicted octanol–water partition coefficient (Wildman–Crippen LogP) is 2.39. The molecule has 0 amide bonds. The molecule has 0 bridgehead atoms. The van der Waals surface area contributed by atoms with Crippen molar-refractivity contribution in [1.29, 1.82) is 0 Å². The van der Waals surface area contributed by atoms with Crippen LogP contribution in [0.15, 0.2) is 48.8 Å². The maximum atomic E-state index is 5.69. The van der Waals surface area contributed by atoms with Crippen LogP contribution in [0.3, 0.4) is 0 Å². The second kappa shape index (κ2) is 7.38. The van der Waals surface area contributed by atoms with Crippen molar-refractivity contribution >= 4 is 0 Å². The molecule has 0 aliphatic rings. The molecular formula is C15H18N2O2. The smallest absolute Gasteiger partial charge is 0.137 e. The van der Waals surface area contributed by atoms with E-state index in [1.165, 1.54) is 0 Å². The lowest BCUT2D eigenvalue weighted by Crippen LogP contribution is -2.07. The maximum absolute atomic E-state index is 5.69. The number of nitrogens with zero attached hydrogens (tertiary/aromatic N) is 1. The minimum Gasteiger partial charge on any atom is -0.493 e. The Morgan fingerprint density at radius 1 is 1.00 bits per heavy atom. The monoisotopic (exact) mass is 258 g/mol. The highest BCUT2D eigenvalue weighted by atomic mass is 16.5. The Hall–Kier alpha value is -2.07. The largest absolute Gasteiger partial charge is 0.493 e. The van der Waals surface area contributed by atoms with Gasteiger partial charge in [-0.1, -0.05) is 18.2 Å². The fourth-order valence-electron chi connectivity index (χ4n) is 1.68. The molecule has 4 heteroatoms. The molecule has 0 atom stereocenters. The molecule has 0 fully saturated rings. The van der Waals surface area contributed by atoms with Gasteiger partial charge in [0.2, 0.25) is 0 Å². The summed E-state index contributed by atoms with van der Waals surface area (Å²) in [5, 5.41) is 0. The molecule has 100 valence electrons. The van der Waals surface area contributed by atoms with Crippen molar-refractivity contribution in [2.75, 3.05) is 13.2 Å². The van der Waals surface area contributed by atoms with Crippen molar-refractivity contribution in [3.05, 3.63) is 54.4 Å². The third-order valence-corrected chi connectivity index (χ3v) is 2.64. The standard InChI is InChI=1S/C15H18N2O2/c16-11-13-5-1-2-7-15(13)19-10-4-9-18-14-6-3-8-17-12-14/h1-3,5-8,12H,4,9-11,16H2. The number of hydrogen-bond acceptors (Lipinski definition) is 4. The molecular weight excluding hydrogens is 240 g/mol. The van der Waals surface area contributed by atoms with Crippen LogP contribution < -0.4 is 15.2 Å². The van der Waals surface area contributed by atoms with Gasteiger partial charge < -0.3 is 15.2 Å². The zero-order valence-corrected chi connectivity index (χ0v) is 10.8. The molecule has 0 spiro atoms. The van der Waals surface area contributed by atoms with Crippen LogP contribution in [0.4, 0.5) is 0 Å². The number of pyridine rings is 1. The summed E-state index contributed by atoms with van der Waals surface area (Å²) in [5.41, 5.74) is 6.67. The van der Waals surface area contributed by atoms with Crippen LogP contribution in [0.25, 0.3) is 0 Å². The van der Waals surface area contributed by atoms with Gasteiger partial charge in [-0.25, -0.2) is 0 Å². The molecule has 0 aliphatic carbocycles. The lowest BCUT2D eigenvalue weighted by atomic mass is 10.2. The highest BCUT2D eigenvalue weighted by Gasteiger charge is 2.00. The van der Waals surface area contributed by atoms with E-state index in [2.05, 4.69) is 4.98 Å². The first-order valence-corrected chi connectivity index (χ1v) is 6.34. The van der Waals surface area contributed by atoms with E-state index in [1.807, 2.05) is 36.4 Å². The molecule has 1 heterocycles. The van der Waals surface area contributed by atoms with Crippen LogP contribution >= 0.6 is 0 Å². The summed E-state index contributed by atoms with van der Waals surface area (Å²) >= 11 is 0. The molecule has 0 saturated heterocycles. The van der Waals surface area contributed by atoms with Crippen LogP contribution in [0.5, 0.6) is 11.5 Å². The summed E-state index contributed by atoms with van der Waals surface area (Å²) in [6.07, 6.45) is 4.23. The van der Waals surface area contributed by atoms with Crippen molar-refractivity contribution in [2.45, 2.75) is 13.0 Å². The minimum absolute atomic E-state index is 0.488. The fourth-order valence-corrected chi connectivity index (χ4v) is 1.68. The van der Waals surface area contributed by atoms with Crippen LogP contribution in [0.1, 0.15) is 12.0 Å². The van der Waals surface area contributed by atoms with E-state index in [9.17, 15) is 0 Å². The van der Waals surface area contributed by atoms with Gasteiger partial charge in [-0.15, -0.1) is 0 Å². The number of aromatic nitrogens is 1. The Morgan fingerprint density at radius 2 is 1.84 bits per heavy atom. The first-order valence-electron chi connectivity index (χ1n) is 6.34. The maximum Gasteiger partial charge on any atom is 0.137 e. The van der Waals surface area contributed by atoms with E-state index in [1.54, 1.807) is 12.4 Å². The Morgan fingerprint density at radius 3 is 2.63 bits per heavy atom. The zero-order chi connectivity index (χ0) is 13.3. The Bertz CT molecular complexity index is 489. The van der Waals surface area contributed by atoms with Crippen molar-refractivity contribution in [2.24, 2.45) is 5.73 Å². The summed E-state index contributed by atoms with van der Waals surface area (Å²) < 4.78 is 11.2. The molecule has 2 aromatic rings. The lowest BCUT2D eigenvalue weighted by Gasteiger charge is -2.10. The molecule has 0 radical (unpaired) electrons. The Balaban J connectivity index is 1.69. The molecule has 1 aromatic heterocycles. The Labute approximate surface area is 113 Å². The van der Waals surface area contributed by atoms with Gasteiger partial charge in [0.25, 0.3) is 0 Å². The second-order valence-corrected chi connectivity index (χ2v) is 4.05. The molecule has 0 saturated carbocycles. The number of benzene rings is 1. The van der Waals surface area contributed by atoms with Crippen LogP contribution in [0, 0.1) is 0 Å². The van der Waals surface area contributed by atoms with Crippen molar-refractivity contribution in [1.82, 2.24) is 4.98 Å². The number of nitrogens with two attached hydrogens (primary N) is 1. The van der Waals surface area contributed by atoms with E-state index >= 15 is 0 Å². The van der Waals surface area contributed by atoms with Gasteiger partial charge in [-0.2, -0.15) is 0 Å². The van der Waals surface area contributed by atoms with Crippen LogP contribution in [-0.4, -0.2) is 18.2 Å². The molecule has 0 aliphatic heterocycles. The molecule has 19 heavy (non-hydrogen) atoms. The SMILES string of the molecule is NCc1ccccc1OCCCOc1cccnc1. The van der Waals surface area contributed by atoms with Crippen molar-refractivity contribution < 1.29 is 9.47 Å². The fraction of sp³-hybridized carbons (Fsp3) is 0.267. The van der Waals surface area contributed by atoms with Crippen LogP contribution in [0.2, 0.25) is 0 Å². The van der Waals surface area contributed by atoms with Gasteiger partial charge in [-0.05, 0) is 18.2 Å². The van der Waals surface area contributed by atoms with E-state index in [4.69, 9.17) is 15.2 Å². The van der Waals surface area contributed by atoms with Gasteiger partial charge in [0.15, 0.2) is 0 Å². The van der Waals surface area contributed by atoms with E-state index in [-0.39, 0.29) is 0 Å². The van der Waals surface area contributed by atoms with Gasteiger partial charge >= 0.3 is 0 Å². The highest BCUT2D eigenvalue weighted by Crippen LogP contribution is 2.17. The number of ether oxygens (including phenoxy) is 2. The molecule has 4 nitrogen and oxygen atoms in total. The molecule has 2 rings (SSSR count). The summed E-state index contributed by atoms with van der Waals surface area (Å²) in [4.78, 5) is 3.98. The summed E-state index contributed by atoms with van der Waals surface area (Å²) in [6.45, 7) is 1.70. The normalized spacial score (nSPS) is 10.2. The van der Waals surface area contributed by atoms with E-state index < -0.39 is 0 Å². The number of para-hydroxylation sites is 1. The van der Waals surface area contributed by atoms with Crippen LogP contribution in [-0.2, 0) is 6.54 Å². The third-order valence-electron chi connectivity index (χ3n) is 2.64. The third kappa shape index (κ3) is 4.26. The van der Waals surface area contributed by atoms with Gasteiger partial charge in [0.1, 0.15) is 11.5 Å². The summed E-state index contributed by atoms with van der Waals surface area (Å²) in [5.74, 6) is 1.64. The quantitative estimate of drug-likeness (QED) is 0.775. The van der Waals surface area contributed by atoms with Gasteiger partial charge in [0, 0.05) is 24.7 Å². The number of rotatable bonds is 7. The predicted molar refractivity (Wildman–Crippen MR) is 74.2 cm³/mol. The van der Waals surface area contributed by atoms with Gasteiger partial charge in [0.05, 0.1) is 19.4 Å². The van der Waals surface area contributed by atoms with Crippen molar-refractivity contribution in [3.8, 4) is 11.5 Å². The number of hydrogen-bond donors (Lipinski definition) is 1. The topological polar surface area (TPSA) is 57.4 Å². The average Bonchev–Trinajstić information content (AvgIpc) is 2.48. The second-order valence-electron chi connectivity index (χ2n) is 4.05. The first kappa shape index (κ1) is 13.4. The van der Waals surface area contributed by atoms with Crippen molar-refractivity contribution in [3.63, 3.8) is 0 Å². The molecule has 2 N–H and O–H groups in total. The average molecular weight is 258 g/mol. The van der Waals surface area contributed by atoms with E-state index in [0.29, 0.717) is 19.8 Å². The van der Waals surface area contributed by atoms with E-state index in [0.717, 1.165) is 23.5 Å². The summed E-state index contributed by atoms with van der Waals surface area (Å²) in [7, 11) is 0. The summed E-state index contributed by atoms with van der Waals surface area (Å²) in [6, 6.07) is 11.5. The molecule has 0 unspecified atom stereocenters. The minimum atomic E-state index is 0.488. The zero-order valence-electron chi connectivity index (χ0n) is 10.8. The molecule has 1 aromatic carbocycles. The lowest BCUT2D eigenvalue weighted by molar-refractivity contribution is 0.246. The first-order chi connectivity index (χ1) is 9.40.